The minimum atomic E-state index is 0.0636. The van der Waals surface area contributed by atoms with Gasteiger partial charge in [0.15, 0.2) is 0 Å². The third-order valence-electron chi connectivity index (χ3n) is 12.1. The summed E-state index contributed by atoms with van der Waals surface area (Å²) in [6.07, 6.45) is 20.6. The second kappa shape index (κ2) is 11.5. The molecule has 4 aliphatic carbocycles. The van der Waals surface area contributed by atoms with E-state index in [1.165, 1.54) is 64.2 Å². The van der Waals surface area contributed by atoms with Gasteiger partial charge in [-0.25, -0.2) is 0 Å². The van der Waals surface area contributed by atoms with Crippen molar-refractivity contribution in [3.8, 4) is 0 Å². The lowest BCUT2D eigenvalue weighted by Crippen LogP contribution is -2.54. The zero-order chi connectivity index (χ0) is 25.2. The quantitative estimate of drug-likeness (QED) is 0.227. The number of ether oxygens (including phenoxy) is 1. The Balaban J connectivity index is 1.35. The average Bonchev–Trinajstić information content (AvgIpc) is 3.16. The van der Waals surface area contributed by atoms with Gasteiger partial charge in [0.1, 0.15) is 6.10 Å². The van der Waals surface area contributed by atoms with Gasteiger partial charge in [-0.15, -0.1) is 0 Å². The van der Waals surface area contributed by atoms with Crippen LogP contribution in [0.3, 0.4) is 0 Å². The Kier molecular flexibility index (Phi) is 9.01. The average molecular weight is 487 g/mol. The summed E-state index contributed by atoms with van der Waals surface area (Å²) in [4.78, 5) is 12.4. The highest BCUT2D eigenvalue weighted by atomic mass is 16.5. The van der Waals surface area contributed by atoms with Crippen molar-refractivity contribution >= 4 is 5.97 Å². The van der Waals surface area contributed by atoms with Crippen LogP contribution in [0, 0.1) is 52.3 Å². The van der Waals surface area contributed by atoms with E-state index in [1.54, 1.807) is 0 Å². The number of rotatable bonds is 10. The summed E-state index contributed by atoms with van der Waals surface area (Å²) >= 11 is 0. The first-order valence-electron chi connectivity index (χ1n) is 15.9. The van der Waals surface area contributed by atoms with Gasteiger partial charge in [0, 0.05) is 6.42 Å². The molecule has 4 saturated carbocycles. The fourth-order valence-corrected chi connectivity index (χ4v) is 10.1. The van der Waals surface area contributed by atoms with Crippen LogP contribution in [0.4, 0.5) is 0 Å². The normalized spacial score (nSPS) is 41.7. The van der Waals surface area contributed by atoms with Crippen molar-refractivity contribution < 1.29 is 9.53 Å². The van der Waals surface area contributed by atoms with Crippen LogP contribution in [-0.4, -0.2) is 12.1 Å². The largest absolute Gasteiger partial charge is 0.462 e. The van der Waals surface area contributed by atoms with Crippen LogP contribution in [0.25, 0.3) is 0 Å². The van der Waals surface area contributed by atoms with Crippen LogP contribution in [0.15, 0.2) is 0 Å². The number of esters is 1. The van der Waals surface area contributed by atoms with Crippen molar-refractivity contribution in [2.45, 2.75) is 150 Å². The summed E-state index contributed by atoms with van der Waals surface area (Å²) in [5.41, 5.74) is 1.07. The minimum absolute atomic E-state index is 0.0636. The van der Waals surface area contributed by atoms with Gasteiger partial charge in [0.2, 0.25) is 0 Å². The number of hydrogen-bond acceptors (Lipinski definition) is 2. The molecule has 0 amide bonds. The number of fused-ring (bicyclic) bond motifs is 5. The Labute approximate surface area is 218 Å². The third kappa shape index (κ3) is 5.67. The van der Waals surface area contributed by atoms with E-state index in [9.17, 15) is 4.79 Å². The predicted octanol–water partition coefficient (Wildman–Crippen LogP) is 9.60. The van der Waals surface area contributed by atoms with Crippen LogP contribution < -0.4 is 0 Å². The van der Waals surface area contributed by atoms with Crippen LogP contribution >= 0.6 is 0 Å². The summed E-state index contributed by atoms with van der Waals surface area (Å²) in [6, 6.07) is 0. The molecule has 4 rings (SSSR count). The molecule has 4 aliphatic rings. The van der Waals surface area contributed by atoms with E-state index in [-0.39, 0.29) is 12.1 Å². The monoisotopic (exact) mass is 486 g/mol. The van der Waals surface area contributed by atoms with Crippen molar-refractivity contribution in [2.75, 3.05) is 0 Å². The molecule has 0 spiro atoms. The molecule has 0 radical (unpaired) electrons. The lowest BCUT2D eigenvalue weighted by Gasteiger charge is -2.61. The molecular weight excluding hydrogens is 428 g/mol. The smallest absolute Gasteiger partial charge is 0.306 e. The Bertz CT molecular complexity index is 699. The molecule has 0 N–H and O–H groups in total. The van der Waals surface area contributed by atoms with E-state index >= 15 is 0 Å². The molecule has 2 heteroatoms. The standard InChI is InChI=1S/C33H58O2/c1-7-8-9-13-31(34)35-26-18-20-32(5)25(22-26)14-15-27-29-17-16-28(24(4)12-10-11-23(2)3)33(29,6)21-19-30(27)32/h23-30H,7-22H2,1-6H3/t24-,25?,26?,27+,28-,29+,30+,32+,33-/m1/s1. The summed E-state index contributed by atoms with van der Waals surface area (Å²) in [6.45, 7) is 14.9. The molecule has 4 fully saturated rings. The molecule has 9 atom stereocenters. The molecule has 2 unspecified atom stereocenters. The SMILES string of the molecule is CCCCCC(=O)OC1CC[C@@]2(C)C(CC[C@H]3[C@@H]4CC[C@H]([C@H](C)CCCC(C)C)[C@@]4(C)CC[C@@H]32)C1. The second-order valence-electron chi connectivity index (χ2n) is 14.5. The molecule has 0 heterocycles. The van der Waals surface area contributed by atoms with Crippen molar-refractivity contribution in [3.05, 3.63) is 0 Å². The molecule has 0 aromatic rings. The zero-order valence-electron chi connectivity index (χ0n) is 24.2. The summed E-state index contributed by atoms with van der Waals surface area (Å²) in [5.74, 6) is 6.36. The van der Waals surface area contributed by atoms with Gasteiger partial charge in [-0.3, -0.25) is 4.79 Å². The van der Waals surface area contributed by atoms with Crippen LogP contribution in [0.5, 0.6) is 0 Å². The molecule has 0 aliphatic heterocycles. The maximum Gasteiger partial charge on any atom is 0.306 e. The highest BCUT2D eigenvalue weighted by Gasteiger charge is 2.60. The topological polar surface area (TPSA) is 26.3 Å². The Morgan fingerprint density at radius 1 is 0.857 bits per heavy atom. The third-order valence-corrected chi connectivity index (χ3v) is 12.1. The first kappa shape index (κ1) is 27.5. The summed E-state index contributed by atoms with van der Waals surface area (Å²) < 4.78 is 6.00. The van der Waals surface area contributed by atoms with Crippen molar-refractivity contribution in [2.24, 2.45) is 52.3 Å². The van der Waals surface area contributed by atoms with E-state index in [0.29, 0.717) is 17.3 Å². The van der Waals surface area contributed by atoms with Crippen LogP contribution in [0.1, 0.15) is 144 Å². The Morgan fingerprint density at radius 2 is 1.60 bits per heavy atom. The second-order valence-corrected chi connectivity index (χ2v) is 14.5. The molecule has 0 bridgehead atoms. The minimum Gasteiger partial charge on any atom is -0.462 e. The molecule has 0 aromatic carbocycles. The Morgan fingerprint density at radius 3 is 2.34 bits per heavy atom. The molecule has 0 saturated heterocycles. The van der Waals surface area contributed by atoms with Gasteiger partial charge in [0.05, 0.1) is 0 Å². The van der Waals surface area contributed by atoms with Gasteiger partial charge in [0.25, 0.3) is 0 Å². The highest BCUT2D eigenvalue weighted by Crippen LogP contribution is 2.68. The first-order valence-corrected chi connectivity index (χ1v) is 15.9. The van der Waals surface area contributed by atoms with E-state index in [0.717, 1.165) is 73.5 Å². The maximum absolute atomic E-state index is 12.4. The van der Waals surface area contributed by atoms with Crippen molar-refractivity contribution in [1.82, 2.24) is 0 Å². The highest BCUT2D eigenvalue weighted by molar-refractivity contribution is 5.69. The van der Waals surface area contributed by atoms with Crippen LogP contribution in [0.2, 0.25) is 0 Å². The van der Waals surface area contributed by atoms with E-state index in [1.807, 2.05) is 0 Å². The van der Waals surface area contributed by atoms with Crippen LogP contribution in [-0.2, 0) is 9.53 Å². The summed E-state index contributed by atoms with van der Waals surface area (Å²) in [5, 5.41) is 0. The predicted molar refractivity (Wildman–Crippen MR) is 147 cm³/mol. The zero-order valence-corrected chi connectivity index (χ0v) is 24.2. The fourth-order valence-electron chi connectivity index (χ4n) is 10.1. The molecular formula is C33H58O2. The fraction of sp³-hybridized carbons (Fsp3) is 0.970. The van der Waals surface area contributed by atoms with E-state index in [4.69, 9.17) is 4.74 Å². The summed E-state index contributed by atoms with van der Waals surface area (Å²) in [7, 11) is 0. The van der Waals surface area contributed by atoms with Crippen molar-refractivity contribution in [1.29, 1.82) is 0 Å². The van der Waals surface area contributed by atoms with E-state index in [2.05, 4.69) is 41.5 Å². The number of hydrogen-bond donors (Lipinski definition) is 0. The molecule has 2 nitrogen and oxygen atoms in total. The molecule has 0 aromatic heterocycles. The van der Waals surface area contributed by atoms with Gasteiger partial charge in [-0.1, -0.05) is 73.6 Å². The lowest BCUT2D eigenvalue weighted by atomic mass is 9.44. The van der Waals surface area contributed by atoms with Gasteiger partial charge < -0.3 is 4.74 Å². The number of unbranched alkanes of at least 4 members (excludes halogenated alkanes) is 2. The van der Waals surface area contributed by atoms with Crippen molar-refractivity contribution in [3.63, 3.8) is 0 Å². The van der Waals surface area contributed by atoms with Gasteiger partial charge in [-0.05, 0) is 116 Å². The van der Waals surface area contributed by atoms with Gasteiger partial charge >= 0.3 is 5.97 Å². The number of carbonyl (C=O) groups is 1. The molecule has 35 heavy (non-hydrogen) atoms. The number of carbonyl (C=O) groups excluding carboxylic acids is 1. The molecule has 202 valence electrons. The lowest BCUT2D eigenvalue weighted by molar-refractivity contribution is -0.162. The van der Waals surface area contributed by atoms with E-state index < -0.39 is 0 Å². The Hall–Kier alpha value is -0.530. The maximum atomic E-state index is 12.4. The van der Waals surface area contributed by atoms with Gasteiger partial charge in [-0.2, -0.15) is 0 Å². The first-order chi connectivity index (χ1) is 16.7.